The molecule has 6 heteroatoms. The molecule has 2 rings (SSSR count). The van der Waals surface area contributed by atoms with Crippen LogP contribution in [-0.2, 0) is 4.74 Å². The molecule has 98 valence electrons. The second-order valence-electron chi connectivity index (χ2n) is 4.15. The third kappa shape index (κ3) is 2.91. The third-order valence-electron chi connectivity index (χ3n) is 2.75. The number of aromatic nitrogens is 1. The zero-order valence-corrected chi connectivity index (χ0v) is 11.1. The summed E-state index contributed by atoms with van der Waals surface area (Å²) in [5, 5.41) is 0.249. The van der Waals surface area contributed by atoms with Gasteiger partial charge in [-0.05, 0) is 13.0 Å². The van der Waals surface area contributed by atoms with Crippen molar-refractivity contribution in [2.24, 2.45) is 0 Å². The molecule has 5 nitrogen and oxygen atoms in total. The summed E-state index contributed by atoms with van der Waals surface area (Å²) in [5.74, 6) is 0.264. The molecule has 0 aromatic carbocycles. The van der Waals surface area contributed by atoms with Gasteiger partial charge in [0.15, 0.2) is 0 Å². The number of methoxy groups -OCH3 is 1. The molecule has 0 aliphatic carbocycles. The smallest absolute Gasteiger partial charge is 0.254 e. The average molecular weight is 271 g/mol. The van der Waals surface area contributed by atoms with E-state index >= 15 is 0 Å². The molecule has 0 bridgehead atoms. The Balaban J connectivity index is 2.19. The maximum absolute atomic E-state index is 12.3. The molecular weight excluding hydrogens is 256 g/mol. The number of pyridine rings is 1. The van der Waals surface area contributed by atoms with Crippen molar-refractivity contribution < 1.29 is 14.3 Å². The molecule has 1 aromatic heterocycles. The van der Waals surface area contributed by atoms with Crippen LogP contribution in [0.3, 0.4) is 0 Å². The fourth-order valence-corrected chi connectivity index (χ4v) is 2.09. The Kier molecular flexibility index (Phi) is 4.04. The maximum atomic E-state index is 12.3. The van der Waals surface area contributed by atoms with Crippen molar-refractivity contribution in [1.82, 2.24) is 9.88 Å². The quantitative estimate of drug-likeness (QED) is 0.766. The van der Waals surface area contributed by atoms with Gasteiger partial charge in [0.05, 0.1) is 19.8 Å². The average Bonchev–Trinajstić information content (AvgIpc) is 2.37. The van der Waals surface area contributed by atoms with Crippen molar-refractivity contribution in [2.75, 3.05) is 26.8 Å². The standard InChI is InChI=1S/C12H15ClN2O3/c1-8-7-15(3-4-18-8)12(16)9-5-10(13)14-11(6-9)17-2/h5-6,8H,3-4,7H2,1-2H3/t8-/m1/s1. The number of hydrogen-bond acceptors (Lipinski definition) is 4. The first kappa shape index (κ1) is 13.1. The maximum Gasteiger partial charge on any atom is 0.254 e. The number of morpholine rings is 1. The van der Waals surface area contributed by atoms with Gasteiger partial charge in [-0.1, -0.05) is 11.6 Å². The Morgan fingerprint density at radius 1 is 1.61 bits per heavy atom. The molecule has 1 amide bonds. The lowest BCUT2D eigenvalue weighted by atomic mass is 10.2. The van der Waals surface area contributed by atoms with Gasteiger partial charge in [-0.2, -0.15) is 0 Å². The van der Waals surface area contributed by atoms with Gasteiger partial charge in [-0.3, -0.25) is 4.79 Å². The molecule has 0 saturated carbocycles. The van der Waals surface area contributed by atoms with Gasteiger partial charge >= 0.3 is 0 Å². The number of hydrogen-bond donors (Lipinski definition) is 0. The second kappa shape index (κ2) is 5.54. The first-order chi connectivity index (χ1) is 8.60. The van der Waals surface area contributed by atoms with E-state index in [4.69, 9.17) is 21.1 Å². The van der Waals surface area contributed by atoms with Crippen LogP contribution in [0.2, 0.25) is 5.15 Å². The Morgan fingerprint density at radius 3 is 3.06 bits per heavy atom. The van der Waals surface area contributed by atoms with E-state index in [-0.39, 0.29) is 17.2 Å². The summed E-state index contributed by atoms with van der Waals surface area (Å²) in [6.07, 6.45) is 0.0573. The Morgan fingerprint density at radius 2 is 2.39 bits per heavy atom. The van der Waals surface area contributed by atoms with Gasteiger partial charge < -0.3 is 14.4 Å². The zero-order chi connectivity index (χ0) is 13.1. The van der Waals surface area contributed by atoms with E-state index in [1.807, 2.05) is 6.92 Å². The van der Waals surface area contributed by atoms with E-state index in [9.17, 15) is 4.79 Å². The molecule has 18 heavy (non-hydrogen) atoms. The van der Waals surface area contributed by atoms with E-state index in [0.29, 0.717) is 31.1 Å². The van der Waals surface area contributed by atoms with E-state index in [1.54, 1.807) is 17.0 Å². The summed E-state index contributed by atoms with van der Waals surface area (Å²) < 4.78 is 10.4. The van der Waals surface area contributed by atoms with Crippen molar-refractivity contribution in [3.8, 4) is 5.88 Å². The third-order valence-corrected chi connectivity index (χ3v) is 2.95. The lowest BCUT2D eigenvalue weighted by Crippen LogP contribution is -2.44. The summed E-state index contributed by atoms with van der Waals surface area (Å²) in [7, 11) is 1.49. The molecule has 0 spiro atoms. The highest BCUT2D eigenvalue weighted by atomic mass is 35.5. The molecular formula is C12H15ClN2O3. The number of rotatable bonds is 2. The predicted molar refractivity (Wildman–Crippen MR) is 67.1 cm³/mol. The molecule has 1 atom stereocenters. The number of amides is 1. The van der Waals surface area contributed by atoms with Crippen molar-refractivity contribution in [2.45, 2.75) is 13.0 Å². The summed E-state index contributed by atoms with van der Waals surface area (Å²) in [4.78, 5) is 18.0. The lowest BCUT2D eigenvalue weighted by Gasteiger charge is -2.31. The van der Waals surface area contributed by atoms with Crippen molar-refractivity contribution in [3.63, 3.8) is 0 Å². The fraction of sp³-hybridized carbons (Fsp3) is 0.500. The molecule has 0 radical (unpaired) electrons. The molecule has 1 saturated heterocycles. The van der Waals surface area contributed by atoms with Crippen LogP contribution in [0, 0.1) is 0 Å². The van der Waals surface area contributed by atoms with Gasteiger partial charge in [0.2, 0.25) is 5.88 Å². The molecule has 1 aliphatic rings. The minimum atomic E-state index is -0.0762. The van der Waals surface area contributed by atoms with Gasteiger partial charge in [-0.25, -0.2) is 4.98 Å². The number of halogens is 1. The molecule has 1 aromatic rings. The predicted octanol–water partition coefficient (Wildman–Crippen LogP) is 1.60. The summed E-state index contributed by atoms with van der Waals surface area (Å²) in [5.41, 5.74) is 0.487. The first-order valence-corrected chi connectivity index (χ1v) is 6.10. The van der Waals surface area contributed by atoms with Crippen LogP contribution < -0.4 is 4.74 Å². The number of carbonyl (C=O) groups excluding carboxylic acids is 1. The van der Waals surface area contributed by atoms with Crippen molar-refractivity contribution >= 4 is 17.5 Å². The van der Waals surface area contributed by atoms with Gasteiger partial charge in [-0.15, -0.1) is 0 Å². The van der Waals surface area contributed by atoms with Gasteiger partial charge in [0, 0.05) is 24.7 Å². The number of nitrogens with zero attached hydrogens (tertiary/aromatic N) is 2. The Labute approximate surface area is 111 Å². The minimum absolute atomic E-state index is 0.0573. The van der Waals surface area contributed by atoms with E-state index in [0.717, 1.165) is 0 Å². The molecule has 1 aliphatic heterocycles. The topological polar surface area (TPSA) is 51.7 Å². The Hall–Kier alpha value is -1.33. The van der Waals surface area contributed by atoms with Crippen LogP contribution >= 0.6 is 11.6 Å². The highest BCUT2D eigenvalue weighted by Crippen LogP contribution is 2.18. The van der Waals surface area contributed by atoms with E-state index in [2.05, 4.69) is 4.98 Å². The highest BCUT2D eigenvalue weighted by molar-refractivity contribution is 6.29. The van der Waals surface area contributed by atoms with Gasteiger partial charge in [0.25, 0.3) is 5.91 Å². The van der Waals surface area contributed by atoms with E-state index in [1.165, 1.54) is 7.11 Å². The van der Waals surface area contributed by atoms with Crippen LogP contribution in [0.25, 0.3) is 0 Å². The van der Waals surface area contributed by atoms with Gasteiger partial charge in [0.1, 0.15) is 5.15 Å². The van der Waals surface area contributed by atoms with Crippen molar-refractivity contribution in [3.05, 3.63) is 22.8 Å². The molecule has 0 unspecified atom stereocenters. The molecule has 0 N–H and O–H groups in total. The Bertz CT molecular complexity index is 453. The summed E-state index contributed by atoms with van der Waals surface area (Å²) in [6.45, 7) is 3.68. The zero-order valence-electron chi connectivity index (χ0n) is 10.4. The minimum Gasteiger partial charge on any atom is -0.481 e. The van der Waals surface area contributed by atoms with Crippen LogP contribution in [0.4, 0.5) is 0 Å². The molecule has 1 fully saturated rings. The summed E-state index contributed by atoms with van der Waals surface area (Å²) >= 11 is 5.85. The normalized spacial score (nSPS) is 19.7. The van der Waals surface area contributed by atoms with Crippen LogP contribution in [0.1, 0.15) is 17.3 Å². The largest absolute Gasteiger partial charge is 0.481 e. The number of ether oxygens (including phenoxy) is 2. The second-order valence-corrected chi connectivity index (χ2v) is 4.54. The van der Waals surface area contributed by atoms with Crippen LogP contribution in [0.15, 0.2) is 12.1 Å². The van der Waals surface area contributed by atoms with Crippen LogP contribution in [-0.4, -0.2) is 48.7 Å². The lowest BCUT2D eigenvalue weighted by molar-refractivity contribution is -0.0124. The van der Waals surface area contributed by atoms with Crippen LogP contribution in [0.5, 0.6) is 5.88 Å². The molecule has 2 heterocycles. The summed E-state index contributed by atoms with van der Waals surface area (Å²) in [6, 6.07) is 3.14. The van der Waals surface area contributed by atoms with E-state index < -0.39 is 0 Å². The fourth-order valence-electron chi connectivity index (χ4n) is 1.89. The van der Waals surface area contributed by atoms with Crippen molar-refractivity contribution in [1.29, 1.82) is 0 Å². The number of carbonyl (C=O) groups is 1. The first-order valence-electron chi connectivity index (χ1n) is 5.72. The monoisotopic (exact) mass is 270 g/mol. The SMILES string of the molecule is COc1cc(C(=O)N2CCO[C@H](C)C2)cc(Cl)n1. The highest BCUT2D eigenvalue weighted by Gasteiger charge is 2.23.